The summed E-state index contributed by atoms with van der Waals surface area (Å²) < 4.78 is 11.4. The number of hydrogen-bond donors (Lipinski definition) is 1. The van der Waals surface area contributed by atoms with Gasteiger partial charge in [-0.05, 0) is 45.0 Å². The highest BCUT2D eigenvalue weighted by Crippen LogP contribution is 2.27. The smallest absolute Gasteiger partial charge is 0.342 e. The average molecular weight is 421 g/mol. The van der Waals surface area contributed by atoms with Crippen LogP contribution in [0.15, 0.2) is 57.7 Å². The highest BCUT2D eigenvalue weighted by atomic mass is 16.5. The summed E-state index contributed by atoms with van der Waals surface area (Å²) in [6, 6.07) is 14.2. The van der Waals surface area contributed by atoms with E-state index in [1.54, 1.807) is 25.1 Å². The number of aliphatic hydroxyl groups is 1. The Morgan fingerprint density at radius 1 is 1.10 bits per heavy atom. The molecule has 1 aliphatic heterocycles. The number of carbonyl (C=O) groups is 1. The Hall–Kier alpha value is -2.96. The fourth-order valence-electron chi connectivity index (χ4n) is 4.08. The molecule has 6 nitrogen and oxygen atoms in total. The zero-order chi connectivity index (χ0) is 21.8. The van der Waals surface area contributed by atoms with Gasteiger partial charge in [-0.3, -0.25) is 4.79 Å². The molecular formula is C25H27NO5. The number of piperidine rings is 1. The summed E-state index contributed by atoms with van der Waals surface area (Å²) in [7, 11) is 0. The Balaban J connectivity index is 1.57. The first-order chi connectivity index (χ1) is 15.0. The molecule has 0 radical (unpaired) electrons. The molecule has 6 heteroatoms. The van der Waals surface area contributed by atoms with Gasteiger partial charge in [0.1, 0.15) is 24.0 Å². The van der Waals surface area contributed by atoms with Gasteiger partial charge in [0, 0.05) is 17.7 Å². The molecule has 0 aliphatic carbocycles. The van der Waals surface area contributed by atoms with Crippen LogP contribution in [0, 0.1) is 6.92 Å². The van der Waals surface area contributed by atoms with Crippen LogP contribution in [-0.2, 0) is 4.74 Å². The number of fused-ring (bicyclic) bond motifs is 1. The van der Waals surface area contributed by atoms with Crippen molar-refractivity contribution < 1.29 is 19.1 Å². The first kappa shape index (κ1) is 21.3. The topological polar surface area (TPSA) is 80.0 Å². The summed E-state index contributed by atoms with van der Waals surface area (Å²) in [5.41, 5.74) is 1.45. The monoisotopic (exact) mass is 421 g/mol. The summed E-state index contributed by atoms with van der Waals surface area (Å²) >= 11 is 0. The second-order valence-electron chi connectivity index (χ2n) is 8.05. The SMILES string of the molecule is Cc1c(-c2ccccc2)oc2c(C(=O)OCC(O)CN3CCCCC3)cccc2c1=O. The van der Waals surface area contributed by atoms with Crippen molar-refractivity contribution in [2.75, 3.05) is 26.2 Å². The molecule has 0 amide bonds. The van der Waals surface area contributed by atoms with Gasteiger partial charge in [-0.25, -0.2) is 4.79 Å². The van der Waals surface area contributed by atoms with E-state index in [1.165, 1.54) is 6.42 Å². The molecule has 1 aliphatic rings. The minimum atomic E-state index is -0.758. The number of rotatable bonds is 6. The number of esters is 1. The fraction of sp³-hybridized carbons (Fsp3) is 0.360. The van der Waals surface area contributed by atoms with Crippen LogP contribution in [-0.4, -0.2) is 48.3 Å². The van der Waals surface area contributed by atoms with E-state index >= 15 is 0 Å². The third kappa shape index (κ3) is 4.70. The zero-order valence-corrected chi connectivity index (χ0v) is 17.7. The maximum Gasteiger partial charge on any atom is 0.342 e. The Morgan fingerprint density at radius 2 is 1.84 bits per heavy atom. The van der Waals surface area contributed by atoms with Gasteiger partial charge in [0.2, 0.25) is 0 Å². The number of benzene rings is 2. The number of para-hydroxylation sites is 1. The predicted molar refractivity (Wildman–Crippen MR) is 119 cm³/mol. The molecule has 0 bridgehead atoms. The molecule has 1 aromatic heterocycles. The number of likely N-dealkylation sites (tertiary alicyclic amines) is 1. The Kier molecular flexibility index (Phi) is 6.49. The lowest BCUT2D eigenvalue weighted by molar-refractivity contribution is 0.0139. The maximum atomic E-state index is 12.9. The summed E-state index contributed by atoms with van der Waals surface area (Å²) in [6.07, 6.45) is 2.72. The van der Waals surface area contributed by atoms with Crippen molar-refractivity contribution in [3.05, 3.63) is 69.9 Å². The van der Waals surface area contributed by atoms with Crippen LogP contribution >= 0.6 is 0 Å². The normalized spacial score (nSPS) is 15.7. The molecule has 162 valence electrons. The average Bonchev–Trinajstić information content (AvgIpc) is 2.80. The third-order valence-electron chi connectivity index (χ3n) is 5.73. The Morgan fingerprint density at radius 3 is 2.58 bits per heavy atom. The lowest BCUT2D eigenvalue weighted by Gasteiger charge is -2.28. The molecule has 1 saturated heterocycles. The van der Waals surface area contributed by atoms with Gasteiger partial charge in [0.15, 0.2) is 11.0 Å². The minimum Gasteiger partial charge on any atom is -0.459 e. The second-order valence-corrected chi connectivity index (χ2v) is 8.05. The molecule has 2 heterocycles. The van der Waals surface area contributed by atoms with Crippen LogP contribution in [0.2, 0.25) is 0 Å². The lowest BCUT2D eigenvalue weighted by Crippen LogP contribution is -2.38. The van der Waals surface area contributed by atoms with E-state index in [4.69, 9.17) is 9.15 Å². The van der Waals surface area contributed by atoms with Gasteiger partial charge >= 0.3 is 5.97 Å². The highest BCUT2D eigenvalue weighted by Gasteiger charge is 2.21. The summed E-state index contributed by atoms with van der Waals surface area (Å²) in [5.74, 6) is -0.183. The molecule has 1 fully saturated rings. The third-order valence-corrected chi connectivity index (χ3v) is 5.73. The number of nitrogens with zero attached hydrogens (tertiary/aromatic N) is 1. The van der Waals surface area contributed by atoms with Crippen molar-refractivity contribution in [3.8, 4) is 11.3 Å². The molecule has 0 saturated carbocycles. The second kappa shape index (κ2) is 9.45. The van der Waals surface area contributed by atoms with E-state index in [1.807, 2.05) is 30.3 Å². The van der Waals surface area contributed by atoms with E-state index in [9.17, 15) is 14.7 Å². The van der Waals surface area contributed by atoms with Crippen LogP contribution in [0.3, 0.4) is 0 Å². The minimum absolute atomic E-state index is 0.104. The number of hydrogen-bond acceptors (Lipinski definition) is 6. The Labute approximate surface area is 181 Å². The van der Waals surface area contributed by atoms with Crippen molar-refractivity contribution >= 4 is 16.9 Å². The first-order valence-corrected chi connectivity index (χ1v) is 10.7. The van der Waals surface area contributed by atoms with Crippen LogP contribution in [0.4, 0.5) is 0 Å². The summed E-state index contributed by atoms with van der Waals surface area (Å²) in [4.78, 5) is 27.9. The number of β-amino-alcohol motifs (C(OH)–C–C–N with tert-alkyl or cyclic N) is 1. The van der Waals surface area contributed by atoms with Crippen molar-refractivity contribution in [2.24, 2.45) is 0 Å². The van der Waals surface area contributed by atoms with E-state index in [0.717, 1.165) is 31.5 Å². The number of ether oxygens (including phenoxy) is 1. The largest absolute Gasteiger partial charge is 0.459 e. The quantitative estimate of drug-likeness (QED) is 0.611. The van der Waals surface area contributed by atoms with Crippen molar-refractivity contribution in [1.29, 1.82) is 0 Å². The molecule has 0 spiro atoms. The molecule has 3 aromatic rings. The molecule has 4 rings (SSSR count). The molecule has 2 aromatic carbocycles. The Bertz CT molecular complexity index is 1120. The zero-order valence-electron chi connectivity index (χ0n) is 17.7. The maximum absolute atomic E-state index is 12.9. The molecular weight excluding hydrogens is 394 g/mol. The van der Waals surface area contributed by atoms with Crippen LogP contribution < -0.4 is 5.43 Å². The van der Waals surface area contributed by atoms with Crippen LogP contribution in [0.25, 0.3) is 22.3 Å². The van der Waals surface area contributed by atoms with Gasteiger partial charge in [0.05, 0.1) is 5.39 Å². The number of carbonyl (C=O) groups excluding carboxylic acids is 1. The molecule has 1 unspecified atom stereocenters. The van der Waals surface area contributed by atoms with E-state index in [-0.39, 0.29) is 23.2 Å². The van der Waals surface area contributed by atoms with Crippen LogP contribution in [0.1, 0.15) is 35.2 Å². The highest BCUT2D eigenvalue weighted by molar-refractivity contribution is 6.02. The van der Waals surface area contributed by atoms with E-state index < -0.39 is 12.1 Å². The van der Waals surface area contributed by atoms with E-state index in [2.05, 4.69) is 4.90 Å². The predicted octanol–water partition coefficient (Wildman–Crippen LogP) is 3.77. The number of aliphatic hydroxyl groups excluding tert-OH is 1. The standard InChI is InChI=1S/C25H27NO5/c1-17-22(28)20-11-8-12-21(24(20)31-23(17)18-9-4-2-5-10-18)25(29)30-16-19(27)15-26-13-6-3-7-14-26/h2,4-5,8-12,19,27H,3,6-7,13-16H2,1H3. The van der Waals surface area contributed by atoms with Crippen molar-refractivity contribution in [1.82, 2.24) is 4.90 Å². The van der Waals surface area contributed by atoms with Gasteiger partial charge in [-0.1, -0.05) is 42.8 Å². The van der Waals surface area contributed by atoms with E-state index in [0.29, 0.717) is 23.3 Å². The molecule has 31 heavy (non-hydrogen) atoms. The van der Waals surface area contributed by atoms with Gasteiger partial charge < -0.3 is 19.2 Å². The fourth-order valence-corrected chi connectivity index (χ4v) is 4.08. The summed E-state index contributed by atoms with van der Waals surface area (Å²) in [5, 5.41) is 10.6. The van der Waals surface area contributed by atoms with Gasteiger partial charge in [-0.2, -0.15) is 0 Å². The van der Waals surface area contributed by atoms with Crippen molar-refractivity contribution in [3.63, 3.8) is 0 Å². The van der Waals surface area contributed by atoms with Gasteiger partial charge in [-0.15, -0.1) is 0 Å². The summed E-state index contributed by atoms with van der Waals surface area (Å²) in [6.45, 7) is 4.01. The lowest BCUT2D eigenvalue weighted by atomic mass is 10.0. The van der Waals surface area contributed by atoms with Crippen LogP contribution in [0.5, 0.6) is 0 Å². The van der Waals surface area contributed by atoms with Crippen molar-refractivity contribution in [2.45, 2.75) is 32.3 Å². The van der Waals surface area contributed by atoms with Gasteiger partial charge in [0.25, 0.3) is 0 Å². The molecule has 1 N–H and O–H groups in total. The molecule has 1 atom stereocenters. The first-order valence-electron chi connectivity index (χ1n) is 10.7.